The van der Waals surface area contributed by atoms with Gasteiger partial charge in [-0.2, -0.15) is 0 Å². The lowest BCUT2D eigenvalue weighted by Crippen LogP contribution is -1.79. The van der Waals surface area contributed by atoms with E-state index in [1.54, 1.807) is 0 Å². The molecule has 0 aliphatic carbocycles. The van der Waals surface area contributed by atoms with Crippen LogP contribution in [0.2, 0.25) is 5.02 Å². The molecule has 0 bridgehead atoms. The van der Waals surface area contributed by atoms with Crippen molar-refractivity contribution < 1.29 is 0 Å². The molecule has 1 aromatic carbocycles. The molecule has 0 aliphatic rings. The largest absolute Gasteiger partial charge is 0.0947 e. The van der Waals surface area contributed by atoms with Gasteiger partial charge in [0.1, 0.15) is 0 Å². The van der Waals surface area contributed by atoms with Crippen LogP contribution in [0, 0.1) is 0 Å². The maximum Gasteiger partial charge on any atom is 0.0947 e. The van der Waals surface area contributed by atoms with Crippen molar-refractivity contribution in [2.45, 2.75) is 3.74 Å². The SMILES string of the molecule is Clc1cc(C(Br)Br)ccc1Br. The molecule has 0 aliphatic heterocycles. The molecule has 0 spiro atoms. The zero-order valence-corrected chi connectivity index (χ0v) is 10.8. The van der Waals surface area contributed by atoms with Crippen LogP contribution < -0.4 is 0 Å². The van der Waals surface area contributed by atoms with Gasteiger partial charge in [0, 0.05) is 4.47 Å². The van der Waals surface area contributed by atoms with Crippen LogP contribution in [0.4, 0.5) is 0 Å². The lowest BCUT2D eigenvalue weighted by atomic mass is 10.2. The van der Waals surface area contributed by atoms with E-state index in [1.165, 1.54) is 0 Å². The molecule has 1 rings (SSSR count). The highest BCUT2D eigenvalue weighted by molar-refractivity contribution is 9.24. The van der Waals surface area contributed by atoms with E-state index >= 15 is 0 Å². The Labute approximate surface area is 95.7 Å². The first-order valence-corrected chi connectivity index (χ1v) is 5.84. The van der Waals surface area contributed by atoms with Crippen LogP contribution in [0.5, 0.6) is 0 Å². The lowest BCUT2D eigenvalue weighted by molar-refractivity contribution is 1.41. The molecule has 0 N–H and O–H groups in total. The number of alkyl halides is 2. The molecular weight excluding hydrogens is 359 g/mol. The van der Waals surface area contributed by atoms with E-state index in [-0.39, 0.29) is 3.74 Å². The average molecular weight is 363 g/mol. The van der Waals surface area contributed by atoms with Crippen LogP contribution in [-0.4, -0.2) is 0 Å². The van der Waals surface area contributed by atoms with Crippen LogP contribution in [0.3, 0.4) is 0 Å². The molecule has 0 nitrogen and oxygen atoms in total. The Hall–Kier alpha value is 0.950. The highest BCUT2D eigenvalue weighted by atomic mass is 79.9. The van der Waals surface area contributed by atoms with Crippen molar-refractivity contribution in [3.05, 3.63) is 33.3 Å². The van der Waals surface area contributed by atoms with Crippen molar-refractivity contribution in [3.8, 4) is 0 Å². The van der Waals surface area contributed by atoms with Crippen molar-refractivity contribution >= 4 is 59.4 Å². The van der Waals surface area contributed by atoms with Crippen LogP contribution in [0.15, 0.2) is 22.7 Å². The number of hydrogen-bond donors (Lipinski definition) is 0. The van der Waals surface area contributed by atoms with Gasteiger partial charge in [0.2, 0.25) is 0 Å². The van der Waals surface area contributed by atoms with Gasteiger partial charge >= 0.3 is 0 Å². The summed E-state index contributed by atoms with van der Waals surface area (Å²) in [6.45, 7) is 0. The molecule has 0 saturated heterocycles. The van der Waals surface area contributed by atoms with E-state index < -0.39 is 0 Å². The first-order valence-electron chi connectivity index (χ1n) is 2.84. The number of benzene rings is 1. The smallest absolute Gasteiger partial charge is 0.0831 e. The highest BCUT2D eigenvalue weighted by Gasteiger charge is 2.04. The Morgan fingerprint density at radius 1 is 1.27 bits per heavy atom. The highest BCUT2D eigenvalue weighted by Crippen LogP contribution is 2.33. The summed E-state index contributed by atoms with van der Waals surface area (Å²) >= 11 is 16.0. The Morgan fingerprint density at radius 3 is 2.36 bits per heavy atom. The van der Waals surface area contributed by atoms with Gasteiger partial charge in [0.05, 0.1) is 8.76 Å². The molecule has 0 fully saturated rings. The third-order valence-electron chi connectivity index (χ3n) is 1.20. The van der Waals surface area contributed by atoms with Crippen molar-refractivity contribution in [2.24, 2.45) is 0 Å². The molecule has 0 radical (unpaired) electrons. The monoisotopic (exact) mass is 360 g/mol. The minimum absolute atomic E-state index is 0.167. The Morgan fingerprint density at radius 2 is 1.91 bits per heavy atom. The van der Waals surface area contributed by atoms with E-state index in [9.17, 15) is 0 Å². The fraction of sp³-hybridized carbons (Fsp3) is 0.143. The van der Waals surface area contributed by atoms with Gasteiger partial charge in [-0.3, -0.25) is 0 Å². The van der Waals surface area contributed by atoms with E-state index in [2.05, 4.69) is 47.8 Å². The minimum Gasteiger partial charge on any atom is -0.0831 e. The number of rotatable bonds is 1. The molecular formula is C7H4Br3Cl. The second-order valence-corrected chi connectivity index (χ2v) is 6.30. The molecule has 0 unspecified atom stereocenters. The standard InChI is InChI=1S/C7H4Br3Cl/c8-5-2-1-4(7(9)10)3-6(5)11/h1-3,7H. The second kappa shape index (κ2) is 4.26. The van der Waals surface area contributed by atoms with Crippen LogP contribution in [0.25, 0.3) is 0 Å². The summed E-state index contributed by atoms with van der Waals surface area (Å²) in [4.78, 5) is 0. The predicted molar refractivity (Wildman–Crippen MR) is 59.7 cm³/mol. The topological polar surface area (TPSA) is 0 Å². The molecule has 11 heavy (non-hydrogen) atoms. The molecule has 4 heteroatoms. The molecule has 0 aromatic heterocycles. The van der Waals surface area contributed by atoms with Crippen molar-refractivity contribution in [1.29, 1.82) is 0 Å². The third kappa shape index (κ3) is 2.72. The van der Waals surface area contributed by atoms with E-state index in [1.807, 2.05) is 18.2 Å². The Bertz CT molecular complexity index is 260. The van der Waals surface area contributed by atoms with Gasteiger partial charge in [-0.1, -0.05) is 49.5 Å². The maximum absolute atomic E-state index is 5.87. The van der Waals surface area contributed by atoms with E-state index in [4.69, 9.17) is 11.6 Å². The number of halogens is 4. The van der Waals surface area contributed by atoms with Crippen molar-refractivity contribution in [3.63, 3.8) is 0 Å². The maximum atomic E-state index is 5.87. The van der Waals surface area contributed by atoms with E-state index in [0.29, 0.717) is 0 Å². The van der Waals surface area contributed by atoms with Gasteiger partial charge in [-0.15, -0.1) is 0 Å². The Balaban J connectivity index is 3.05. The molecule has 0 saturated carbocycles. The van der Waals surface area contributed by atoms with Crippen LogP contribution >= 0.6 is 59.4 Å². The van der Waals surface area contributed by atoms with Gasteiger partial charge in [-0.05, 0) is 33.6 Å². The summed E-state index contributed by atoms with van der Waals surface area (Å²) in [5.74, 6) is 0. The molecule has 60 valence electrons. The first-order chi connectivity index (χ1) is 5.11. The predicted octanol–water partition coefficient (Wildman–Crippen LogP) is 4.89. The van der Waals surface area contributed by atoms with Gasteiger partial charge in [0.25, 0.3) is 0 Å². The average Bonchev–Trinajstić information content (AvgIpc) is 1.94. The summed E-state index contributed by atoms with van der Waals surface area (Å²) in [6, 6.07) is 5.82. The van der Waals surface area contributed by atoms with Gasteiger partial charge < -0.3 is 0 Å². The molecule has 0 heterocycles. The summed E-state index contributed by atoms with van der Waals surface area (Å²) in [5.41, 5.74) is 1.11. The minimum atomic E-state index is 0.167. The van der Waals surface area contributed by atoms with Crippen molar-refractivity contribution in [1.82, 2.24) is 0 Å². The molecule has 1 aromatic rings. The number of hydrogen-bond acceptors (Lipinski definition) is 0. The first kappa shape index (κ1) is 10.0. The summed E-state index contributed by atoms with van der Waals surface area (Å²) in [6.07, 6.45) is 0. The summed E-state index contributed by atoms with van der Waals surface area (Å²) in [5, 5.41) is 0.728. The zero-order valence-electron chi connectivity index (χ0n) is 5.32. The molecule has 0 atom stereocenters. The Kier molecular flexibility index (Phi) is 3.89. The summed E-state index contributed by atoms with van der Waals surface area (Å²) < 4.78 is 1.09. The summed E-state index contributed by atoms with van der Waals surface area (Å²) in [7, 11) is 0. The van der Waals surface area contributed by atoms with Crippen LogP contribution in [0.1, 0.15) is 9.30 Å². The van der Waals surface area contributed by atoms with Crippen LogP contribution in [-0.2, 0) is 0 Å². The quantitative estimate of drug-likeness (QED) is 0.623. The van der Waals surface area contributed by atoms with E-state index in [0.717, 1.165) is 15.1 Å². The fourth-order valence-corrected chi connectivity index (χ4v) is 1.65. The molecule has 0 amide bonds. The lowest BCUT2D eigenvalue weighted by Gasteiger charge is -2.02. The third-order valence-corrected chi connectivity index (χ3v) is 3.49. The van der Waals surface area contributed by atoms with Gasteiger partial charge in [0.15, 0.2) is 0 Å². The van der Waals surface area contributed by atoms with Crippen molar-refractivity contribution in [2.75, 3.05) is 0 Å². The fourth-order valence-electron chi connectivity index (χ4n) is 0.648. The van der Waals surface area contributed by atoms with Gasteiger partial charge in [-0.25, -0.2) is 0 Å². The normalized spacial score (nSPS) is 10.6. The second-order valence-electron chi connectivity index (χ2n) is 1.97. The zero-order chi connectivity index (χ0) is 8.43.